The first-order valence-electron chi connectivity index (χ1n) is 7.13. The van der Waals surface area contributed by atoms with Gasteiger partial charge >= 0.3 is 6.09 Å². The van der Waals surface area contributed by atoms with Gasteiger partial charge in [-0.2, -0.15) is 0 Å². The molecule has 1 heterocycles. The second-order valence-electron chi connectivity index (χ2n) is 6.55. The van der Waals surface area contributed by atoms with E-state index in [1.54, 1.807) is 20.8 Å². The van der Waals surface area contributed by atoms with Crippen LogP contribution in [0, 0.1) is 0 Å². The summed E-state index contributed by atoms with van der Waals surface area (Å²) in [6, 6.07) is 8.77. The minimum Gasteiger partial charge on any atom is -0.444 e. The first-order valence-corrected chi connectivity index (χ1v) is 7.13. The number of hydrogen-bond donors (Lipinski definition) is 2. The quantitative estimate of drug-likeness (QED) is 0.873. The number of likely N-dealkylation sites (tertiary alicyclic amines) is 1. The normalized spacial score (nSPS) is 26.0. The van der Waals surface area contributed by atoms with E-state index in [0.29, 0.717) is 6.42 Å². The van der Waals surface area contributed by atoms with Gasteiger partial charge in [0, 0.05) is 6.42 Å². The van der Waals surface area contributed by atoms with Gasteiger partial charge in [0.1, 0.15) is 11.2 Å². The van der Waals surface area contributed by atoms with Crippen molar-refractivity contribution in [2.24, 2.45) is 0 Å². The number of carbonyl (C=O) groups excluding carboxylic acids is 1. The molecule has 1 aliphatic heterocycles. The summed E-state index contributed by atoms with van der Waals surface area (Å²) in [5.41, 5.74) is -1.01. The highest BCUT2D eigenvalue weighted by Gasteiger charge is 2.46. The molecule has 0 radical (unpaired) electrons. The summed E-state index contributed by atoms with van der Waals surface area (Å²) >= 11 is 0. The summed E-state index contributed by atoms with van der Waals surface area (Å²) in [4.78, 5) is 13.6. The molecular weight excluding hydrogens is 270 g/mol. The first-order chi connectivity index (χ1) is 9.75. The lowest BCUT2D eigenvalue weighted by atomic mass is 9.91. The predicted molar refractivity (Wildman–Crippen MR) is 78.8 cm³/mol. The van der Waals surface area contributed by atoms with E-state index in [4.69, 9.17) is 4.74 Å². The lowest BCUT2D eigenvalue weighted by Gasteiger charge is -2.28. The molecule has 116 valence electrons. The van der Waals surface area contributed by atoms with Gasteiger partial charge in [0.15, 0.2) is 0 Å². The average Bonchev–Trinajstić information content (AvgIpc) is 2.77. The minimum atomic E-state index is -1.15. The highest BCUT2D eigenvalue weighted by molar-refractivity contribution is 5.69. The van der Waals surface area contributed by atoms with Crippen LogP contribution in [0.4, 0.5) is 4.79 Å². The van der Waals surface area contributed by atoms with Crippen molar-refractivity contribution in [2.75, 3.05) is 13.2 Å². The summed E-state index contributed by atoms with van der Waals surface area (Å²) in [6.07, 6.45) is -0.208. The molecule has 5 nitrogen and oxygen atoms in total. The van der Waals surface area contributed by atoms with E-state index in [0.717, 1.165) is 5.56 Å². The van der Waals surface area contributed by atoms with Crippen LogP contribution < -0.4 is 0 Å². The van der Waals surface area contributed by atoms with Crippen LogP contribution in [0.5, 0.6) is 0 Å². The Bertz CT molecular complexity index is 497. The average molecular weight is 293 g/mol. The lowest BCUT2D eigenvalue weighted by molar-refractivity contribution is 0.00908. The van der Waals surface area contributed by atoms with Gasteiger partial charge in [-0.15, -0.1) is 0 Å². The van der Waals surface area contributed by atoms with Gasteiger partial charge in [-0.3, -0.25) is 4.90 Å². The number of carbonyl (C=O) groups is 1. The molecule has 0 aliphatic carbocycles. The van der Waals surface area contributed by atoms with Crippen LogP contribution in [0.3, 0.4) is 0 Å². The third-order valence-electron chi connectivity index (χ3n) is 3.60. The summed E-state index contributed by atoms with van der Waals surface area (Å²) in [6.45, 7) is 5.29. The van der Waals surface area contributed by atoms with Crippen LogP contribution in [0.25, 0.3) is 0 Å². The Morgan fingerprint density at radius 3 is 2.52 bits per heavy atom. The van der Waals surface area contributed by atoms with E-state index < -0.39 is 23.3 Å². The predicted octanol–water partition coefficient (Wildman–Crippen LogP) is 1.88. The monoisotopic (exact) mass is 293 g/mol. The first kappa shape index (κ1) is 15.8. The van der Waals surface area contributed by atoms with Crippen molar-refractivity contribution in [3.8, 4) is 0 Å². The van der Waals surface area contributed by atoms with Gasteiger partial charge in [0.25, 0.3) is 0 Å². The molecule has 1 fully saturated rings. The Labute approximate surface area is 125 Å². The summed E-state index contributed by atoms with van der Waals surface area (Å²) in [7, 11) is 0. The van der Waals surface area contributed by atoms with Gasteiger partial charge in [0.2, 0.25) is 0 Å². The van der Waals surface area contributed by atoms with Crippen LogP contribution in [0.1, 0.15) is 32.8 Å². The van der Waals surface area contributed by atoms with Gasteiger partial charge in [-0.25, -0.2) is 4.79 Å². The maximum atomic E-state index is 12.2. The maximum absolute atomic E-state index is 12.2. The lowest BCUT2D eigenvalue weighted by Crippen LogP contribution is -2.42. The molecular formula is C16H23NO4. The van der Waals surface area contributed by atoms with Crippen LogP contribution >= 0.6 is 0 Å². The standard InChI is InChI=1S/C16H23NO4/c1-15(2,3)21-14(19)17-11-16(20,9-13(17)10-18)12-7-5-4-6-8-12/h4-8,13,18,20H,9-11H2,1-3H3/t13-,16?/m0/s1. The zero-order valence-corrected chi connectivity index (χ0v) is 12.7. The third-order valence-corrected chi connectivity index (χ3v) is 3.60. The molecule has 0 aromatic heterocycles. The Balaban J connectivity index is 2.19. The van der Waals surface area contributed by atoms with E-state index in [-0.39, 0.29) is 13.2 Å². The van der Waals surface area contributed by atoms with E-state index in [9.17, 15) is 15.0 Å². The van der Waals surface area contributed by atoms with Crippen molar-refractivity contribution >= 4 is 6.09 Å². The number of aliphatic hydroxyl groups is 2. The number of β-amino-alcohol motifs (C(OH)–C–C–N with tert-alkyl or cyclic N) is 1. The molecule has 1 aromatic carbocycles. The van der Waals surface area contributed by atoms with Crippen molar-refractivity contribution in [2.45, 2.75) is 44.4 Å². The Morgan fingerprint density at radius 2 is 2.00 bits per heavy atom. The maximum Gasteiger partial charge on any atom is 0.410 e. The van der Waals surface area contributed by atoms with Crippen LogP contribution in [0.2, 0.25) is 0 Å². The zero-order valence-electron chi connectivity index (χ0n) is 12.7. The van der Waals surface area contributed by atoms with Crippen molar-refractivity contribution in [3.63, 3.8) is 0 Å². The molecule has 2 rings (SSSR count). The van der Waals surface area contributed by atoms with Crippen LogP contribution in [-0.4, -0.2) is 46.0 Å². The smallest absolute Gasteiger partial charge is 0.410 e. The van der Waals surface area contributed by atoms with E-state index in [2.05, 4.69) is 0 Å². The largest absolute Gasteiger partial charge is 0.444 e. The molecule has 0 saturated carbocycles. The zero-order chi connectivity index (χ0) is 15.7. The van der Waals surface area contributed by atoms with Crippen molar-refractivity contribution in [1.29, 1.82) is 0 Å². The number of benzene rings is 1. The fourth-order valence-electron chi connectivity index (χ4n) is 2.63. The van der Waals surface area contributed by atoms with E-state index >= 15 is 0 Å². The van der Waals surface area contributed by atoms with Gasteiger partial charge < -0.3 is 14.9 Å². The van der Waals surface area contributed by atoms with Gasteiger partial charge in [-0.1, -0.05) is 30.3 Å². The number of amides is 1. The minimum absolute atomic E-state index is 0.122. The SMILES string of the molecule is CC(C)(C)OC(=O)N1CC(O)(c2ccccc2)C[C@H]1CO. The molecule has 1 saturated heterocycles. The number of nitrogens with zero attached hydrogens (tertiary/aromatic N) is 1. The summed E-state index contributed by atoms with van der Waals surface area (Å²) in [5.74, 6) is 0. The molecule has 5 heteroatoms. The second kappa shape index (κ2) is 5.66. The van der Waals surface area contributed by atoms with Crippen molar-refractivity contribution in [1.82, 2.24) is 4.90 Å². The molecule has 2 atom stereocenters. The van der Waals surface area contributed by atoms with Crippen molar-refractivity contribution in [3.05, 3.63) is 35.9 Å². The van der Waals surface area contributed by atoms with Crippen LogP contribution in [0.15, 0.2) is 30.3 Å². The molecule has 1 unspecified atom stereocenters. The molecule has 0 bridgehead atoms. The molecule has 2 N–H and O–H groups in total. The molecule has 1 aliphatic rings. The topological polar surface area (TPSA) is 70.0 Å². The number of rotatable bonds is 2. The third kappa shape index (κ3) is 3.54. The molecule has 1 amide bonds. The number of aliphatic hydroxyl groups excluding tert-OH is 1. The Morgan fingerprint density at radius 1 is 1.38 bits per heavy atom. The van der Waals surface area contributed by atoms with Gasteiger partial charge in [-0.05, 0) is 26.3 Å². The highest BCUT2D eigenvalue weighted by Crippen LogP contribution is 2.36. The Hall–Kier alpha value is -1.59. The second-order valence-corrected chi connectivity index (χ2v) is 6.55. The van der Waals surface area contributed by atoms with Gasteiger partial charge in [0.05, 0.1) is 19.2 Å². The van der Waals surface area contributed by atoms with Crippen LogP contribution in [-0.2, 0) is 10.3 Å². The summed E-state index contributed by atoms with van der Waals surface area (Å²) in [5, 5.41) is 20.3. The summed E-state index contributed by atoms with van der Waals surface area (Å²) < 4.78 is 5.35. The fourth-order valence-corrected chi connectivity index (χ4v) is 2.63. The molecule has 21 heavy (non-hydrogen) atoms. The Kier molecular flexibility index (Phi) is 4.25. The highest BCUT2D eigenvalue weighted by atomic mass is 16.6. The molecule has 0 spiro atoms. The number of ether oxygens (including phenoxy) is 1. The number of hydrogen-bond acceptors (Lipinski definition) is 4. The van der Waals surface area contributed by atoms with Crippen molar-refractivity contribution < 1.29 is 19.7 Å². The molecule has 1 aromatic rings. The van der Waals surface area contributed by atoms with E-state index in [1.807, 2.05) is 30.3 Å². The van der Waals surface area contributed by atoms with E-state index in [1.165, 1.54) is 4.90 Å². The fraction of sp³-hybridized carbons (Fsp3) is 0.562.